The van der Waals surface area contributed by atoms with Crippen LogP contribution < -0.4 is 24.8 Å². The lowest BCUT2D eigenvalue weighted by atomic mass is 10.0. The third-order valence-corrected chi connectivity index (χ3v) is 20.2. The first kappa shape index (κ1) is 65.6. The van der Waals surface area contributed by atoms with E-state index < -0.39 is 155 Å². The first-order valence-corrected chi connectivity index (χ1v) is 32.8. The quantitative estimate of drug-likeness (QED) is 0.0430. The summed E-state index contributed by atoms with van der Waals surface area (Å²) < 4.78 is 225. The van der Waals surface area contributed by atoms with Crippen LogP contribution in [0.3, 0.4) is 0 Å². The largest absolute Gasteiger partial charge is 0.419 e. The molecule has 37 heteroatoms. The van der Waals surface area contributed by atoms with Crippen molar-refractivity contribution in [3.05, 3.63) is 101 Å². The fourth-order valence-corrected chi connectivity index (χ4v) is 16.9. The van der Waals surface area contributed by atoms with Gasteiger partial charge in [-0.2, -0.15) is 26.3 Å². The second-order valence-corrected chi connectivity index (χ2v) is 30.1. The Morgan fingerprint density at radius 3 is 1.09 bits per heavy atom. The van der Waals surface area contributed by atoms with Gasteiger partial charge < -0.3 is 25.3 Å². The molecule has 5 atom stereocenters. The van der Waals surface area contributed by atoms with Crippen molar-refractivity contribution in [1.82, 2.24) is 29.7 Å². The number of nitrogens with zero attached hydrogens (tertiary/aromatic N) is 1. The molecule has 0 spiro atoms. The van der Waals surface area contributed by atoms with E-state index in [9.17, 15) is 63.1 Å². The fourth-order valence-electron chi connectivity index (χ4n) is 6.45. The number of hydrogen-bond acceptors (Lipinski definition) is 14. The number of rotatable bonds is 25. The maximum Gasteiger partial charge on any atom is 0.419 e. The van der Waals surface area contributed by atoms with E-state index in [1.807, 2.05) is 14.2 Å². The Labute approximate surface area is 446 Å². The van der Waals surface area contributed by atoms with Crippen molar-refractivity contribution in [3.8, 4) is 0 Å². The van der Waals surface area contributed by atoms with Crippen molar-refractivity contribution >= 4 is 118 Å². The molecule has 0 bridgehead atoms. The van der Waals surface area contributed by atoms with E-state index in [2.05, 4.69) is 67.0 Å². The van der Waals surface area contributed by atoms with Crippen LogP contribution in [-0.2, 0) is 103 Å². The summed E-state index contributed by atoms with van der Waals surface area (Å²) in [5.41, 5.74) is -22.4. The second-order valence-electron chi connectivity index (χ2n) is 16.2. The molecule has 3 aromatic carbocycles. The van der Waals surface area contributed by atoms with E-state index in [0.29, 0.717) is 43.0 Å². The SMILES string of the molecule is CNC(=O)C(Cc1ccc(C(F)(F)P(=O)(O)OP(=O)(OP(=O)(O)C(F)(F)c2ccc(CC(NS(C)(=O)=O)C(=O)NC)cc2Br)C(F)(F)c2ccc(CC(NS(C)(=O)=O)C(=O)N(C)C)cc2Br)c(Br)c1)NS(C)(=O)=O. The lowest BCUT2D eigenvalue weighted by Crippen LogP contribution is -2.47. The molecule has 0 aliphatic rings. The third-order valence-electron chi connectivity index (χ3n) is 9.82. The molecule has 22 nitrogen and oxygen atoms in total. The number of halogens is 9. The fraction of sp³-hybridized carbons (Fsp3) is 0.432. The van der Waals surface area contributed by atoms with Crippen LogP contribution in [-0.4, -0.2) is 123 Å². The third kappa shape index (κ3) is 16.4. The number of alkyl halides is 6. The van der Waals surface area contributed by atoms with Crippen LogP contribution in [0, 0.1) is 0 Å². The Bertz CT molecular complexity index is 3030. The normalized spacial score (nSPS) is 16.7. The van der Waals surface area contributed by atoms with Gasteiger partial charge in [-0.15, -0.1) is 0 Å². The summed E-state index contributed by atoms with van der Waals surface area (Å²) in [5.74, 6) is -2.68. The highest BCUT2D eigenvalue weighted by Crippen LogP contribution is 2.84. The van der Waals surface area contributed by atoms with Crippen molar-refractivity contribution in [2.24, 2.45) is 0 Å². The van der Waals surface area contributed by atoms with Crippen LogP contribution >= 0.6 is 70.6 Å². The zero-order valence-electron chi connectivity index (χ0n) is 39.1. The second kappa shape index (κ2) is 24.2. The van der Waals surface area contributed by atoms with Gasteiger partial charge in [0.05, 0.1) is 18.8 Å². The molecule has 3 amide bonds. The number of nitrogens with one attached hydrogen (secondary N) is 5. The van der Waals surface area contributed by atoms with E-state index in [4.69, 9.17) is 0 Å². The predicted molar refractivity (Wildman–Crippen MR) is 267 cm³/mol. The molecule has 3 aromatic rings. The van der Waals surface area contributed by atoms with Crippen molar-refractivity contribution in [2.45, 2.75) is 54.4 Å². The molecule has 416 valence electrons. The minimum absolute atomic E-state index is 0.132. The lowest BCUT2D eigenvalue weighted by molar-refractivity contribution is -0.130. The number of carbonyl (C=O) groups excluding carboxylic acids is 3. The summed E-state index contributed by atoms with van der Waals surface area (Å²) in [6.45, 7) is 0. The van der Waals surface area contributed by atoms with Gasteiger partial charge in [0.15, 0.2) is 0 Å². The first-order valence-electron chi connectivity index (χ1n) is 20.1. The van der Waals surface area contributed by atoms with Gasteiger partial charge in [-0.25, -0.2) is 48.0 Å². The molecule has 0 aromatic heterocycles. The van der Waals surface area contributed by atoms with Gasteiger partial charge in [-0.1, -0.05) is 84.2 Å². The molecule has 0 heterocycles. The number of likely N-dealkylation sites (N-methyl/N-ethyl adjacent to an activating group) is 3. The van der Waals surface area contributed by atoms with Gasteiger partial charge >= 0.3 is 39.8 Å². The molecular formula is C37H46Br3F6N6O16P3S3. The maximum atomic E-state index is 17.1. The summed E-state index contributed by atoms with van der Waals surface area (Å²) in [4.78, 5) is 60.4. The van der Waals surface area contributed by atoms with Gasteiger partial charge in [-0.05, 0) is 54.2 Å². The number of sulfonamides is 3. The Balaban J connectivity index is 2.27. The minimum Gasteiger partial charge on any atom is -0.358 e. The van der Waals surface area contributed by atoms with Gasteiger partial charge in [0.25, 0.3) is 0 Å². The molecule has 0 aliphatic carbocycles. The van der Waals surface area contributed by atoms with Crippen LogP contribution in [0.1, 0.15) is 33.4 Å². The van der Waals surface area contributed by atoms with E-state index in [-0.39, 0.29) is 22.8 Å². The van der Waals surface area contributed by atoms with E-state index in [1.54, 1.807) is 0 Å². The number of benzene rings is 3. The number of hydrogen-bond donors (Lipinski definition) is 7. The van der Waals surface area contributed by atoms with Crippen LogP contribution in [0.4, 0.5) is 26.3 Å². The predicted octanol–water partition coefficient (Wildman–Crippen LogP) is 5.08. The molecular weight excluding hydrogens is 1330 g/mol. The number of amides is 3. The zero-order chi connectivity index (χ0) is 57.2. The summed E-state index contributed by atoms with van der Waals surface area (Å²) in [5, 5.41) is 4.34. The highest BCUT2D eigenvalue weighted by atomic mass is 79.9. The molecule has 0 aliphatic heterocycles. The molecule has 5 unspecified atom stereocenters. The molecule has 3 rings (SSSR count). The first-order chi connectivity index (χ1) is 33.3. The molecule has 7 N–H and O–H groups in total. The van der Waals surface area contributed by atoms with Crippen LogP contribution in [0.5, 0.6) is 0 Å². The van der Waals surface area contributed by atoms with E-state index >= 15 is 26.3 Å². The lowest BCUT2D eigenvalue weighted by Gasteiger charge is -2.33. The van der Waals surface area contributed by atoms with Gasteiger partial charge in [0.1, 0.15) is 18.1 Å². The topological polar surface area (TPSA) is 327 Å². The summed E-state index contributed by atoms with van der Waals surface area (Å²) in [6, 6.07) is 0.604. The summed E-state index contributed by atoms with van der Waals surface area (Å²) in [6.07, 6.45) is 0.330. The van der Waals surface area contributed by atoms with E-state index in [0.717, 1.165) is 43.3 Å². The Kier molecular flexibility index (Phi) is 21.4. The smallest absolute Gasteiger partial charge is 0.358 e. The van der Waals surface area contributed by atoms with Crippen LogP contribution in [0.15, 0.2) is 68.0 Å². The van der Waals surface area contributed by atoms with Crippen molar-refractivity contribution in [2.75, 3.05) is 47.0 Å². The summed E-state index contributed by atoms with van der Waals surface area (Å²) in [7, 11) is -30.4. The van der Waals surface area contributed by atoms with Crippen molar-refractivity contribution in [3.63, 3.8) is 0 Å². The van der Waals surface area contributed by atoms with Gasteiger partial charge in [-0.3, -0.25) is 28.1 Å². The minimum atomic E-state index is -7.86. The molecule has 0 radical (unpaired) electrons. The number of carbonyl (C=O) groups is 3. The van der Waals surface area contributed by atoms with Crippen LogP contribution in [0.2, 0.25) is 0 Å². The summed E-state index contributed by atoms with van der Waals surface area (Å²) >= 11 is 8.07. The molecule has 74 heavy (non-hydrogen) atoms. The average molecular weight is 1370 g/mol. The van der Waals surface area contributed by atoms with Crippen molar-refractivity contribution < 1.29 is 98.1 Å². The Hall–Kier alpha value is -2.65. The van der Waals surface area contributed by atoms with Crippen LogP contribution in [0.25, 0.3) is 0 Å². The highest BCUT2D eigenvalue weighted by molar-refractivity contribution is 9.11. The highest BCUT2D eigenvalue weighted by Gasteiger charge is 2.69. The molecule has 0 saturated heterocycles. The zero-order valence-corrected chi connectivity index (χ0v) is 49.0. The van der Waals surface area contributed by atoms with E-state index in [1.165, 1.54) is 14.1 Å². The Morgan fingerprint density at radius 2 is 0.838 bits per heavy atom. The average Bonchev–Trinajstić information content (AvgIpc) is 3.22. The standard InChI is InChI=1S/C37H46Br3F6N6O16P3S3/c1-47-32(53)29(49-72(5,61)62)17-20-8-11-23(26(38)14-20)35(41,42)69(56,57)67-71(60,37(45,46)25-13-10-22(16-28(25)40)19-31(34(55)52(3)4)51-74(7,65)66)68-70(58,59)36(43,44)24-12-9-21(15-27(24)39)18-30(33(54)48-2)50-73(6,63)64/h8-16,29-31,49-51H,17-19H2,1-7H3,(H,47,53)(H,48,54)(H,56,57)(H,58,59). The maximum absolute atomic E-state index is 17.1. The van der Waals surface area contributed by atoms with Gasteiger partial charge in [0.2, 0.25) is 47.8 Å². The van der Waals surface area contributed by atoms with Gasteiger partial charge in [0, 0.05) is 58.3 Å². The molecule has 0 saturated carbocycles. The monoisotopic (exact) mass is 1370 g/mol. The van der Waals surface area contributed by atoms with Crippen molar-refractivity contribution in [1.29, 1.82) is 0 Å². The Morgan fingerprint density at radius 1 is 0.568 bits per heavy atom. The molecule has 0 fully saturated rings.